The molecule has 1 fully saturated rings. The van der Waals surface area contributed by atoms with Crippen molar-refractivity contribution in [3.05, 3.63) is 0 Å². The fourth-order valence-corrected chi connectivity index (χ4v) is 1.89. The Bertz CT molecular complexity index is 292. The van der Waals surface area contributed by atoms with Crippen LogP contribution in [0.25, 0.3) is 0 Å². The van der Waals surface area contributed by atoms with Gasteiger partial charge in [-0.3, -0.25) is 4.90 Å². The van der Waals surface area contributed by atoms with Gasteiger partial charge in [-0.05, 0) is 12.8 Å². The molecule has 0 aromatic carbocycles. The minimum atomic E-state index is -0.331. The van der Waals surface area contributed by atoms with E-state index in [4.69, 9.17) is 15.6 Å². The number of hydrogen-bond donors (Lipinski definition) is 2. The molecule has 1 saturated heterocycles. The number of amides is 2. The number of carbonyl (C=O) groups excluding carboxylic acids is 1. The summed E-state index contributed by atoms with van der Waals surface area (Å²) in [4.78, 5) is 16.8. The Kier molecular flexibility index (Phi) is 2.88. The lowest BCUT2D eigenvalue weighted by atomic mass is 10.2. The molecule has 6 nitrogen and oxygen atoms in total. The minimum absolute atomic E-state index is 0.00391. The molecular weight excluding hydrogens is 198 g/mol. The van der Waals surface area contributed by atoms with E-state index in [1.165, 1.54) is 0 Å². The van der Waals surface area contributed by atoms with Gasteiger partial charge < -0.3 is 15.6 Å². The van der Waals surface area contributed by atoms with Crippen LogP contribution in [-0.2, 0) is 4.74 Å². The molecule has 84 valence electrons. The van der Waals surface area contributed by atoms with Crippen molar-refractivity contribution >= 4 is 11.9 Å². The summed E-state index contributed by atoms with van der Waals surface area (Å²) in [6.45, 7) is 0.556. The molecule has 15 heavy (non-hydrogen) atoms. The summed E-state index contributed by atoms with van der Waals surface area (Å²) in [7, 11) is 0. The third-order valence-electron chi connectivity index (χ3n) is 2.73. The SMILES string of the molecule is NC1=NC(=O)N([C@H]2CC[C@@H](CO)O2)CC1. The topological polar surface area (TPSA) is 88.2 Å². The lowest BCUT2D eigenvalue weighted by molar-refractivity contribution is -0.0491. The Labute approximate surface area is 87.7 Å². The highest BCUT2D eigenvalue weighted by molar-refractivity contribution is 5.95. The van der Waals surface area contributed by atoms with Crippen molar-refractivity contribution in [1.29, 1.82) is 0 Å². The van der Waals surface area contributed by atoms with Gasteiger partial charge in [-0.2, -0.15) is 4.99 Å². The largest absolute Gasteiger partial charge is 0.394 e. The summed E-state index contributed by atoms with van der Waals surface area (Å²) in [6.07, 6.45) is 1.74. The summed E-state index contributed by atoms with van der Waals surface area (Å²) in [5, 5.41) is 8.91. The van der Waals surface area contributed by atoms with Gasteiger partial charge in [-0.15, -0.1) is 0 Å². The minimum Gasteiger partial charge on any atom is -0.394 e. The molecule has 2 heterocycles. The molecule has 6 heteroatoms. The molecule has 0 radical (unpaired) electrons. The third-order valence-corrected chi connectivity index (χ3v) is 2.73. The number of amidine groups is 1. The quantitative estimate of drug-likeness (QED) is 0.657. The molecule has 0 aromatic heterocycles. The van der Waals surface area contributed by atoms with Gasteiger partial charge in [-0.25, -0.2) is 4.79 Å². The molecule has 2 atom stereocenters. The third kappa shape index (κ3) is 2.10. The first-order valence-corrected chi connectivity index (χ1v) is 5.10. The second-order valence-electron chi connectivity index (χ2n) is 3.80. The first-order chi connectivity index (χ1) is 7.20. The summed E-state index contributed by atoms with van der Waals surface area (Å²) >= 11 is 0. The van der Waals surface area contributed by atoms with E-state index in [0.29, 0.717) is 18.8 Å². The number of nitrogens with zero attached hydrogens (tertiary/aromatic N) is 2. The highest BCUT2D eigenvalue weighted by Crippen LogP contribution is 2.24. The van der Waals surface area contributed by atoms with E-state index in [1.54, 1.807) is 4.90 Å². The molecule has 0 saturated carbocycles. The second kappa shape index (κ2) is 4.16. The molecule has 0 bridgehead atoms. The number of aliphatic hydroxyl groups excluding tert-OH is 1. The molecule has 0 unspecified atom stereocenters. The van der Waals surface area contributed by atoms with Gasteiger partial charge in [0.05, 0.1) is 12.7 Å². The van der Waals surface area contributed by atoms with Crippen LogP contribution in [0.1, 0.15) is 19.3 Å². The molecule has 2 aliphatic rings. The van der Waals surface area contributed by atoms with Crippen LogP contribution < -0.4 is 5.73 Å². The van der Waals surface area contributed by atoms with E-state index in [2.05, 4.69) is 4.99 Å². The number of nitrogens with two attached hydrogens (primary N) is 1. The Morgan fingerprint density at radius 3 is 3.00 bits per heavy atom. The number of aliphatic hydroxyl groups is 1. The second-order valence-corrected chi connectivity index (χ2v) is 3.80. The van der Waals surface area contributed by atoms with Crippen LogP contribution in [0.5, 0.6) is 0 Å². The van der Waals surface area contributed by atoms with Crippen molar-refractivity contribution in [1.82, 2.24) is 4.90 Å². The highest BCUT2D eigenvalue weighted by atomic mass is 16.5. The molecule has 0 aromatic rings. The zero-order valence-electron chi connectivity index (χ0n) is 8.43. The molecule has 0 spiro atoms. The molecule has 2 rings (SSSR count). The van der Waals surface area contributed by atoms with Crippen molar-refractivity contribution in [3.63, 3.8) is 0 Å². The average Bonchev–Trinajstić information content (AvgIpc) is 2.66. The fraction of sp³-hybridized carbons (Fsp3) is 0.778. The first-order valence-electron chi connectivity index (χ1n) is 5.10. The number of carbonyl (C=O) groups is 1. The lowest BCUT2D eigenvalue weighted by Gasteiger charge is -2.29. The predicted molar refractivity (Wildman–Crippen MR) is 53.3 cm³/mol. The van der Waals surface area contributed by atoms with Gasteiger partial charge in [0.1, 0.15) is 12.1 Å². The Hall–Kier alpha value is -1.14. The Morgan fingerprint density at radius 1 is 1.60 bits per heavy atom. The zero-order chi connectivity index (χ0) is 10.8. The molecular formula is C9H15N3O3. The number of ether oxygens (including phenoxy) is 1. The summed E-state index contributed by atoms with van der Waals surface area (Å²) in [5.74, 6) is 0.382. The molecule has 2 amide bonds. The average molecular weight is 213 g/mol. The van der Waals surface area contributed by atoms with Crippen molar-refractivity contribution in [2.75, 3.05) is 13.2 Å². The summed E-state index contributed by atoms with van der Waals surface area (Å²) < 4.78 is 5.50. The van der Waals surface area contributed by atoms with Gasteiger partial charge in [-0.1, -0.05) is 0 Å². The van der Waals surface area contributed by atoms with Crippen molar-refractivity contribution in [2.45, 2.75) is 31.6 Å². The number of rotatable bonds is 2. The van der Waals surface area contributed by atoms with Crippen molar-refractivity contribution < 1.29 is 14.6 Å². The lowest BCUT2D eigenvalue weighted by Crippen LogP contribution is -2.44. The van der Waals surface area contributed by atoms with Gasteiger partial charge in [0, 0.05) is 13.0 Å². The van der Waals surface area contributed by atoms with Gasteiger partial charge in [0.25, 0.3) is 0 Å². The van der Waals surface area contributed by atoms with Crippen LogP contribution in [0.15, 0.2) is 4.99 Å². The maximum Gasteiger partial charge on any atom is 0.347 e. The van der Waals surface area contributed by atoms with E-state index >= 15 is 0 Å². The maximum atomic E-state index is 11.5. The monoisotopic (exact) mass is 213 g/mol. The zero-order valence-corrected chi connectivity index (χ0v) is 8.43. The number of urea groups is 1. The van der Waals surface area contributed by atoms with E-state index in [9.17, 15) is 4.79 Å². The van der Waals surface area contributed by atoms with Crippen LogP contribution >= 0.6 is 0 Å². The smallest absolute Gasteiger partial charge is 0.347 e. The maximum absolute atomic E-state index is 11.5. The Balaban J connectivity index is 1.98. The Morgan fingerprint density at radius 2 is 2.40 bits per heavy atom. The number of aliphatic imine (C=N–C) groups is 1. The molecule has 3 N–H and O–H groups in total. The molecule has 2 aliphatic heterocycles. The van der Waals surface area contributed by atoms with E-state index < -0.39 is 0 Å². The van der Waals surface area contributed by atoms with E-state index in [-0.39, 0.29) is 25.0 Å². The van der Waals surface area contributed by atoms with Gasteiger partial charge in [0.15, 0.2) is 0 Å². The normalized spacial score (nSPS) is 31.9. The number of hydrogen-bond acceptors (Lipinski definition) is 4. The van der Waals surface area contributed by atoms with Crippen LogP contribution in [0.2, 0.25) is 0 Å². The predicted octanol–water partition coefficient (Wildman–Crippen LogP) is -0.333. The van der Waals surface area contributed by atoms with Crippen molar-refractivity contribution in [3.8, 4) is 0 Å². The summed E-state index contributed by atoms with van der Waals surface area (Å²) in [5.41, 5.74) is 5.46. The van der Waals surface area contributed by atoms with E-state index in [0.717, 1.165) is 12.8 Å². The summed E-state index contributed by atoms with van der Waals surface area (Å²) in [6, 6.07) is -0.331. The first kappa shape index (κ1) is 10.4. The van der Waals surface area contributed by atoms with Gasteiger partial charge in [0.2, 0.25) is 0 Å². The van der Waals surface area contributed by atoms with Crippen LogP contribution in [-0.4, -0.2) is 47.4 Å². The van der Waals surface area contributed by atoms with Crippen molar-refractivity contribution in [2.24, 2.45) is 10.7 Å². The fourth-order valence-electron chi connectivity index (χ4n) is 1.89. The van der Waals surface area contributed by atoms with E-state index in [1.807, 2.05) is 0 Å². The highest BCUT2D eigenvalue weighted by Gasteiger charge is 2.33. The van der Waals surface area contributed by atoms with Crippen LogP contribution in [0.3, 0.4) is 0 Å². The van der Waals surface area contributed by atoms with Crippen LogP contribution in [0, 0.1) is 0 Å². The standard InChI is InChI=1S/C9H15N3O3/c10-7-3-4-12(9(14)11-7)8-2-1-6(5-13)15-8/h6,8,13H,1-5H2,(H2,10,11,14)/t6-,8+/m0/s1. The molecule has 0 aliphatic carbocycles. The van der Waals surface area contributed by atoms with Crippen LogP contribution in [0.4, 0.5) is 4.79 Å². The van der Waals surface area contributed by atoms with Gasteiger partial charge >= 0.3 is 6.03 Å².